The second kappa shape index (κ2) is 6.60. The van der Waals surface area contributed by atoms with Crippen molar-refractivity contribution in [1.82, 2.24) is 9.66 Å². The molecule has 3 rings (SSSR count). The molecular formula is C16H13ClFN3OS. The quantitative estimate of drug-likeness (QED) is 0.718. The van der Waals surface area contributed by atoms with Gasteiger partial charge in [0.1, 0.15) is 12.1 Å². The van der Waals surface area contributed by atoms with Crippen LogP contribution in [0.5, 0.6) is 0 Å². The molecule has 0 aliphatic heterocycles. The largest absolute Gasteiger partial charge is 0.289 e. The Bertz CT molecular complexity index is 929. The Morgan fingerprint density at radius 2 is 2.13 bits per heavy atom. The van der Waals surface area contributed by atoms with Crippen LogP contribution in [0.25, 0.3) is 10.9 Å². The van der Waals surface area contributed by atoms with E-state index in [1.165, 1.54) is 29.2 Å². The Morgan fingerprint density at radius 1 is 1.30 bits per heavy atom. The predicted octanol–water partition coefficient (Wildman–Crippen LogP) is 4.18. The third-order valence-corrected chi connectivity index (χ3v) is 4.39. The molecule has 0 radical (unpaired) electrons. The number of nitrogens with zero attached hydrogens (tertiary/aromatic N) is 2. The Labute approximate surface area is 141 Å². The van der Waals surface area contributed by atoms with Gasteiger partial charge in [0.25, 0.3) is 5.56 Å². The molecule has 3 aromatic rings. The van der Waals surface area contributed by atoms with E-state index in [-0.39, 0.29) is 10.9 Å². The molecule has 0 saturated heterocycles. The summed E-state index contributed by atoms with van der Waals surface area (Å²) in [5.41, 5.74) is 3.76. The summed E-state index contributed by atoms with van der Waals surface area (Å²) in [6.07, 6.45) is 1.38. The van der Waals surface area contributed by atoms with Crippen LogP contribution in [-0.2, 0) is 0 Å². The molecule has 0 unspecified atom stereocenters. The molecule has 0 saturated carbocycles. The number of fused-ring (bicyclic) bond motifs is 1. The summed E-state index contributed by atoms with van der Waals surface area (Å²) in [7, 11) is 0. The number of hydrogen-bond acceptors (Lipinski definition) is 4. The average molecular weight is 350 g/mol. The van der Waals surface area contributed by atoms with Gasteiger partial charge < -0.3 is 0 Å². The van der Waals surface area contributed by atoms with E-state index in [4.69, 9.17) is 11.6 Å². The second-order valence-electron chi connectivity index (χ2n) is 4.77. The normalized spacial score (nSPS) is 10.9. The molecule has 4 nitrogen and oxygen atoms in total. The van der Waals surface area contributed by atoms with Gasteiger partial charge in [-0.25, -0.2) is 14.1 Å². The summed E-state index contributed by atoms with van der Waals surface area (Å²) in [5.74, 6) is 0.408. The van der Waals surface area contributed by atoms with Gasteiger partial charge in [-0.3, -0.25) is 10.2 Å². The minimum absolute atomic E-state index is 0.215. The Balaban J connectivity index is 2.07. The first-order valence-electron chi connectivity index (χ1n) is 6.95. The first kappa shape index (κ1) is 15.8. The van der Waals surface area contributed by atoms with Crippen molar-refractivity contribution in [2.24, 2.45) is 0 Å². The second-order valence-corrected chi connectivity index (χ2v) is 6.51. The molecule has 2 aromatic carbocycles. The zero-order chi connectivity index (χ0) is 16.4. The van der Waals surface area contributed by atoms with E-state index in [1.54, 1.807) is 23.9 Å². The van der Waals surface area contributed by atoms with Gasteiger partial charge in [-0.1, -0.05) is 18.5 Å². The van der Waals surface area contributed by atoms with Crippen molar-refractivity contribution in [2.45, 2.75) is 11.8 Å². The summed E-state index contributed by atoms with van der Waals surface area (Å²) in [6, 6.07) is 9.36. The topological polar surface area (TPSA) is 46.9 Å². The first-order chi connectivity index (χ1) is 11.1. The van der Waals surface area contributed by atoms with Crippen LogP contribution in [0.2, 0.25) is 5.02 Å². The zero-order valence-corrected chi connectivity index (χ0v) is 13.8. The van der Waals surface area contributed by atoms with Crippen molar-refractivity contribution in [3.8, 4) is 0 Å². The highest BCUT2D eigenvalue weighted by Crippen LogP contribution is 2.29. The summed E-state index contributed by atoms with van der Waals surface area (Å²) in [4.78, 5) is 17.6. The van der Waals surface area contributed by atoms with Crippen LogP contribution in [0.1, 0.15) is 6.92 Å². The maximum atomic E-state index is 13.4. The number of rotatable bonds is 4. The summed E-state index contributed by atoms with van der Waals surface area (Å²) in [6.45, 7) is 2.04. The van der Waals surface area contributed by atoms with Gasteiger partial charge in [-0.05, 0) is 42.2 Å². The first-order valence-corrected chi connectivity index (χ1v) is 8.31. The highest BCUT2D eigenvalue weighted by Gasteiger charge is 2.08. The van der Waals surface area contributed by atoms with Gasteiger partial charge in [0.2, 0.25) is 0 Å². The number of aromatic nitrogens is 2. The molecule has 0 bridgehead atoms. The smallest absolute Gasteiger partial charge is 0.280 e. The van der Waals surface area contributed by atoms with Crippen LogP contribution in [-0.4, -0.2) is 15.4 Å². The number of thioether (sulfide) groups is 1. The van der Waals surface area contributed by atoms with Crippen LogP contribution in [0.3, 0.4) is 0 Å². The monoisotopic (exact) mass is 349 g/mol. The van der Waals surface area contributed by atoms with Gasteiger partial charge in [0.15, 0.2) is 0 Å². The molecule has 7 heteroatoms. The van der Waals surface area contributed by atoms with Crippen LogP contribution in [0, 0.1) is 5.82 Å². The van der Waals surface area contributed by atoms with E-state index in [1.807, 2.05) is 13.0 Å². The van der Waals surface area contributed by atoms with Crippen molar-refractivity contribution in [3.05, 3.63) is 63.9 Å². The van der Waals surface area contributed by atoms with Gasteiger partial charge in [0.05, 0.1) is 16.6 Å². The molecule has 0 aliphatic rings. The fraction of sp³-hybridized carbons (Fsp3) is 0.125. The minimum Gasteiger partial charge on any atom is -0.289 e. The summed E-state index contributed by atoms with van der Waals surface area (Å²) in [5, 5.41) is 0.771. The molecule has 0 amide bonds. The molecule has 0 atom stereocenters. The number of hydrogen-bond donors (Lipinski definition) is 1. The molecule has 0 spiro atoms. The fourth-order valence-electron chi connectivity index (χ4n) is 2.17. The molecule has 1 heterocycles. The van der Waals surface area contributed by atoms with E-state index in [0.29, 0.717) is 16.2 Å². The summed E-state index contributed by atoms with van der Waals surface area (Å²) >= 11 is 7.66. The lowest BCUT2D eigenvalue weighted by atomic mass is 10.2. The van der Waals surface area contributed by atoms with E-state index in [9.17, 15) is 9.18 Å². The highest BCUT2D eigenvalue weighted by atomic mass is 35.5. The van der Waals surface area contributed by atoms with Gasteiger partial charge in [0, 0.05) is 9.92 Å². The molecule has 1 aromatic heterocycles. The van der Waals surface area contributed by atoms with Crippen LogP contribution in [0.4, 0.5) is 10.1 Å². The van der Waals surface area contributed by atoms with Gasteiger partial charge in [-0.2, -0.15) is 0 Å². The Kier molecular flexibility index (Phi) is 4.54. The van der Waals surface area contributed by atoms with Crippen molar-refractivity contribution < 1.29 is 4.39 Å². The van der Waals surface area contributed by atoms with Crippen molar-refractivity contribution >= 4 is 40.0 Å². The van der Waals surface area contributed by atoms with E-state index >= 15 is 0 Å². The maximum Gasteiger partial charge on any atom is 0.280 e. The van der Waals surface area contributed by atoms with Crippen molar-refractivity contribution in [2.75, 3.05) is 11.2 Å². The van der Waals surface area contributed by atoms with Crippen molar-refractivity contribution in [3.63, 3.8) is 0 Å². The Hall–Kier alpha value is -2.05. The third kappa shape index (κ3) is 3.33. The van der Waals surface area contributed by atoms with E-state index in [0.717, 1.165) is 10.6 Å². The maximum absolute atomic E-state index is 13.4. The molecular weight excluding hydrogens is 337 g/mol. The predicted molar refractivity (Wildman–Crippen MR) is 92.8 cm³/mol. The van der Waals surface area contributed by atoms with Crippen molar-refractivity contribution in [1.29, 1.82) is 0 Å². The molecule has 118 valence electrons. The molecule has 1 N–H and O–H groups in total. The highest BCUT2D eigenvalue weighted by molar-refractivity contribution is 7.99. The van der Waals surface area contributed by atoms with Crippen LogP contribution in [0.15, 0.2) is 52.4 Å². The molecule has 23 heavy (non-hydrogen) atoms. The zero-order valence-electron chi connectivity index (χ0n) is 12.2. The molecule has 0 fully saturated rings. The number of halogens is 2. The number of nitrogens with one attached hydrogen (secondary N) is 1. The minimum atomic E-state index is -0.473. The van der Waals surface area contributed by atoms with Crippen LogP contribution < -0.4 is 11.0 Å². The third-order valence-electron chi connectivity index (χ3n) is 3.20. The Morgan fingerprint density at radius 3 is 2.91 bits per heavy atom. The molecule has 0 aliphatic carbocycles. The average Bonchev–Trinajstić information content (AvgIpc) is 2.53. The SMILES string of the molecule is CCSc1ccc(Cl)cc1Nn1cnc2ccc(F)cc2c1=O. The van der Waals surface area contributed by atoms with Gasteiger partial charge in [-0.15, -0.1) is 11.8 Å². The lowest BCUT2D eigenvalue weighted by molar-refractivity contribution is 0.629. The van der Waals surface area contributed by atoms with Crippen LogP contribution >= 0.6 is 23.4 Å². The standard InChI is InChI=1S/C16H13ClFN3OS/c1-2-23-15-6-3-10(17)7-14(15)20-21-9-19-13-5-4-11(18)8-12(13)16(21)22/h3-9,20H,2H2,1H3. The number of anilines is 1. The van der Waals surface area contributed by atoms with Gasteiger partial charge >= 0.3 is 0 Å². The lowest BCUT2D eigenvalue weighted by Crippen LogP contribution is -2.26. The lowest BCUT2D eigenvalue weighted by Gasteiger charge is -2.13. The number of benzene rings is 2. The van der Waals surface area contributed by atoms with E-state index in [2.05, 4.69) is 10.4 Å². The van der Waals surface area contributed by atoms with E-state index < -0.39 is 5.82 Å². The fourth-order valence-corrected chi connectivity index (χ4v) is 3.08. The summed E-state index contributed by atoms with van der Waals surface area (Å²) < 4.78 is 14.6.